The summed E-state index contributed by atoms with van der Waals surface area (Å²) in [5.41, 5.74) is 3.15. The van der Waals surface area contributed by atoms with Gasteiger partial charge in [0.05, 0.1) is 0 Å². The lowest BCUT2D eigenvalue weighted by Crippen LogP contribution is -1.84. The van der Waals surface area contributed by atoms with Crippen molar-refractivity contribution in [3.63, 3.8) is 0 Å². The first-order chi connectivity index (χ1) is 6.86. The zero-order valence-corrected chi connectivity index (χ0v) is 8.21. The smallest absolute Gasteiger partial charge is 0.152 e. The van der Waals surface area contributed by atoms with Crippen LogP contribution in [0.25, 0.3) is 10.9 Å². The van der Waals surface area contributed by atoms with E-state index in [1.54, 1.807) is 6.20 Å². The molecule has 72 valence electrons. The molecule has 0 amide bonds. The summed E-state index contributed by atoms with van der Waals surface area (Å²) in [6.45, 7) is 2.16. The fourth-order valence-corrected chi connectivity index (χ4v) is 1.81. The predicted molar refractivity (Wildman–Crippen MR) is 57.7 cm³/mol. The molecule has 0 atom stereocenters. The average Bonchev–Trinajstić information content (AvgIpc) is 2.62. The van der Waals surface area contributed by atoms with Gasteiger partial charge in [-0.1, -0.05) is 31.5 Å². The summed E-state index contributed by atoms with van der Waals surface area (Å²) in [7, 11) is 0. The van der Waals surface area contributed by atoms with Crippen LogP contribution < -0.4 is 0 Å². The van der Waals surface area contributed by atoms with Gasteiger partial charge in [-0.2, -0.15) is 0 Å². The molecule has 1 aromatic carbocycles. The lowest BCUT2D eigenvalue weighted by Gasteiger charge is -2.00. The van der Waals surface area contributed by atoms with Gasteiger partial charge in [-0.05, 0) is 12.0 Å². The van der Waals surface area contributed by atoms with Crippen molar-refractivity contribution >= 4 is 17.2 Å². The van der Waals surface area contributed by atoms with E-state index in [-0.39, 0.29) is 0 Å². The van der Waals surface area contributed by atoms with E-state index in [1.165, 1.54) is 5.56 Å². The number of rotatable bonds is 3. The van der Waals surface area contributed by atoms with Gasteiger partial charge in [0.15, 0.2) is 6.29 Å². The SMILES string of the molecule is CCCc1cccc2c(C=O)c[nH]c12. The number of aromatic amines is 1. The van der Waals surface area contributed by atoms with E-state index in [2.05, 4.69) is 18.0 Å². The highest BCUT2D eigenvalue weighted by Gasteiger charge is 2.05. The molecule has 0 bridgehead atoms. The van der Waals surface area contributed by atoms with E-state index < -0.39 is 0 Å². The second-order valence-electron chi connectivity index (χ2n) is 3.45. The maximum atomic E-state index is 10.7. The Hall–Kier alpha value is -1.57. The third kappa shape index (κ3) is 1.33. The molecule has 2 nitrogen and oxygen atoms in total. The Kier molecular flexibility index (Phi) is 2.35. The van der Waals surface area contributed by atoms with Crippen molar-refractivity contribution in [1.82, 2.24) is 4.98 Å². The van der Waals surface area contributed by atoms with Gasteiger partial charge < -0.3 is 4.98 Å². The predicted octanol–water partition coefficient (Wildman–Crippen LogP) is 2.93. The summed E-state index contributed by atoms with van der Waals surface area (Å²) in [6.07, 6.45) is 4.84. The maximum absolute atomic E-state index is 10.7. The van der Waals surface area contributed by atoms with Gasteiger partial charge in [0.1, 0.15) is 0 Å². The number of aldehydes is 1. The topological polar surface area (TPSA) is 32.9 Å². The maximum Gasteiger partial charge on any atom is 0.152 e. The molecular formula is C12H13NO. The second-order valence-corrected chi connectivity index (χ2v) is 3.45. The van der Waals surface area contributed by atoms with E-state index >= 15 is 0 Å². The minimum atomic E-state index is 0.748. The summed E-state index contributed by atoms with van der Waals surface area (Å²) in [4.78, 5) is 13.9. The van der Waals surface area contributed by atoms with Crippen LogP contribution in [0.15, 0.2) is 24.4 Å². The molecule has 1 aromatic heterocycles. The minimum Gasteiger partial charge on any atom is -0.360 e. The molecule has 0 spiro atoms. The Morgan fingerprint density at radius 1 is 1.43 bits per heavy atom. The van der Waals surface area contributed by atoms with E-state index in [4.69, 9.17) is 0 Å². The van der Waals surface area contributed by atoms with Gasteiger partial charge in [0, 0.05) is 22.7 Å². The fraction of sp³-hybridized carbons (Fsp3) is 0.250. The number of hydrogen-bond acceptors (Lipinski definition) is 1. The number of H-pyrrole nitrogens is 1. The summed E-state index contributed by atoms with van der Waals surface area (Å²) in [5.74, 6) is 0. The molecule has 1 heterocycles. The van der Waals surface area contributed by atoms with Crippen LogP contribution in [0.1, 0.15) is 29.3 Å². The van der Waals surface area contributed by atoms with Crippen LogP contribution in [0.2, 0.25) is 0 Å². The third-order valence-corrected chi connectivity index (χ3v) is 2.48. The molecule has 2 rings (SSSR count). The molecular weight excluding hydrogens is 174 g/mol. The third-order valence-electron chi connectivity index (χ3n) is 2.48. The summed E-state index contributed by atoms with van der Waals surface area (Å²) in [5, 5.41) is 1.03. The van der Waals surface area contributed by atoms with Crippen molar-refractivity contribution in [3.05, 3.63) is 35.5 Å². The largest absolute Gasteiger partial charge is 0.360 e. The number of hydrogen-bond donors (Lipinski definition) is 1. The molecule has 0 radical (unpaired) electrons. The molecule has 2 heteroatoms. The van der Waals surface area contributed by atoms with Gasteiger partial charge in [0.25, 0.3) is 0 Å². The zero-order chi connectivity index (χ0) is 9.97. The monoisotopic (exact) mass is 187 g/mol. The van der Waals surface area contributed by atoms with Crippen LogP contribution in [0, 0.1) is 0 Å². The average molecular weight is 187 g/mol. The van der Waals surface area contributed by atoms with Crippen LogP contribution in [-0.2, 0) is 6.42 Å². The van der Waals surface area contributed by atoms with Crippen LogP contribution >= 0.6 is 0 Å². The molecule has 1 N–H and O–H groups in total. The molecule has 0 saturated carbocycles. The Labute approximate surface area is 82.9 Å². The van der Waals surface area contributed by atoms with Crippen LogP contribution in [0.5, 0.6) is 0 Å². The van der Waals surface area contributed by atoms with Crippen molar-refractivity contribution in [1.29, 1.82) is 0 Å². The second kappa shape index (κ2) is 3.66. The molecule has 14 heavy (non-hydrogen) atoms. The highest BCUT2D eigenvalue weighted by atomic mass is 16.1. The summed E-state index contributed by atoms with van der Waals surface area (Å²) >= 11 is 0. The normalized spacial score (nSPS) is 10.6. The summed E-state index contributed by atoms with van der Waals surface area (Å²) < 4.78 is 0. The fourth-order valence-electron chi connectivity index (χ4n) is 1.81. The van der Waals surface area contributed by atoms with E-state index in [0.717, 1.165) is 35.6 Å². The number of aryl methyl sites for hydroxylation is 1. The van der Waals surface area contributed by atoms with Crippen molar-refractivity contribution in [3.8, 4) is 0 Å². The number of benzene rings is 1. The van der Waals surface area contributed by atoms with Crippen molar-refractivity contribution in [2.45, 2.75) is 19.8 Å². The van der Waals surface area contributed by atoms with Gasteiger partial charge in [0.2, 0.25) is 0 Å². The molecule has 0 aliphatic heterocycles. The Morgan fingerprint density at radius 3 is 3.00 bits per heavy atom. The van der Waals surface area contributed by atoms with E-state index in [9.17, 15) is 4.79 Å². The Morgan fingerprint density at radius 2 is 2.29 bits per heavy atom. The molecule has 0 fully saturated rings. The molecule has 0 unspecified atom stereocenters. The van der Waals surface area contributed by atoms with Crippen LogP contribution in [0.4, 0.5) is 0 Å². The number of carbonyl (C=O) groups is 1. The van der Waals surface area contributed by atoms with Gasteiger partial charge in [-0.15, -0.1) is 0 Å². The van der Waals surface area contributed by atoms with Crippen molar-refractivity contribution in [2.24, 2.45) is 0 Å². The zero-order valence-electron chi connectivity index (χ0n) is 8.21. The van der Waals surface area contributed by atoms with E-state index in [0.29, 0.717) is 0 Å². The first kappa shape index (κ1) is 9.00. The Balaban J connectivity index is 2.63. The van der Waals surface area contributed by atoms with Crippen LogP contribution in [0.3, 0.4) is 0 Å². The Bertz CT molecular complexity index is 456. The van der Waals surface area contributed by atoms with Crippen LogP contribution in [-0.4, -0.2) is 11.3 Å². The highest BCUT2D eigenvalue weighted by Crippen LogP contribution is 2.21. The summed E-state index contributed by atoms with van der Waals surface area (Å²) in [6, 6.07) is 6.10. The number of nitrogens with one attached hydrogen (secondary N) is 1. The molecule has 0 saturated heterocycles. The van der Waals surface area contributed by atoms with Gasteiger partial charge in [-0.3, -0.25) is 4.79 Å². The van der Waals surface area contributed by atoms with Crippen molar-refractivity contribution < 1.29 is 4.79 Å². The first-order valence-corrected chi connectivity index (χ1v) is 4.91. The number of fused-ring (bicyclic) bond motifs is 1. The molecule has 0 aliphatic carbocycles. The number of carbonyl (C=O) groups excluding carboxylic acids is 1. The lowest BCUT2D eigenvalue weighted by atomic mass is 10.1. The van der Waals surface area contributed by atoms with Crippen molar-refractivity contribution in [2.75, 3.05) is 0 Å². The standard InChI is InChI=1S/C12H13NO/c1-2-4-9-5-3-6-11-10(8-14)7-13-12(9)11/h3,5-8,13H,2,4H2,1H3. The minimum absolute atomic E-state index is 0.748. The first-order valence-electron chi connectivity index (χ1n) is 4.91. The van der Waals surface area contributed by atoms with Gasteiger partial charge in [-0.25, -0.2) is 0 Å². The lowest BCUT2D eigenvalue weighted by molar-refractivity contribution is 0.112. The number of aromatic nitrogens is 1. The molecule has 0 aliphatic rings. The highest BCUT2D eigenvalue weighted by molar-refractivity contribution is 5.98. The molecule has 2 aromatic rings. The number of para-hydroxylation sites is 1. The van der Waals surface area contributed by atoms with E-state index in [1.807, 2.05) is 12.1 Å². The quantitative estimate of drug-likeness (QED) is 0.736. The van der Waals surface area contributed by atoms with Gasteiger partial charge >= 0.3 is 0 Å².